The van der Waals surface area contributed by atoms with E-state index in [1.54, 1.807) is 25.1 Å². The maximum absolute atomic E-state index is 12.2. The van der Waals surface area contributed by atoms with Gasteiger partial charge in [-0.2, -0.15) is 0 Å². The van der Waals surface area contributed by atoms with E-state index in [0.29, 0.717) is 50.1 Å². The number of hydrogen-bond acceptors (Lipinski definition) is 7. The Balaban J connectivity index is 1.86. The SMILES string of the molecule is CCOC(=O)C1CCCN(CC(=O)NC(=O)Nc2ccc(OCC)c(OCC)c2)C1. The Bertz CT molecular complexity index is 739. The zero-order chi connectivity index (χ0) is 21.9. The summed E-state index contributed by atoms with van der Waals surface area (Å²) in [6.45, 7) is 7.97. The molecule has 1 aliphatic rings. The average molecular weight is 421 g/mol. The maximum Gasteiger partial charge on any atom is 0.325 e. The minimum absolute atomic E-state index is 0.0385. The van der Waals surface area contributed by atoms with Crippen LogP contribution in [0.15, 0.2) is 18.2 Å². The summed E-state index contributed by atoms with van der Waals surface area (Å²) in [5.41, 5.74) is 0.479. The summed E-state index contributed by atoms with van der Waals surface area (Å²) in [4.78, 5) is 38.2. The van der Waals surface area contributed by atoms with Gasteiger partial charge in [-0.1, -0.05) is 0 Å². The number of piperidine rings is 1. The zero-order valence-electron chi connectivity index (χ0n) is 17.9. The molecule has 0 aliphatic carbocycles. The quantitative estimate of drug-likeness (QED) is 0.590. The first-order valence-electron chi connectivity index (χ1n) is 10.4. The van der Waals surface area contributed by atoms with Gasteiger partial charge in [0.1, 0.15) is 0 Å². The van der Waals surface area contributed by atoms with Crippen LogP contribution in [0.3, 0.4) is 0 Å². The topological polar surface area (TPSA) is 106 Å². The van der Waals surface area contributed by atoms with E-state index < -0.39 is 11.9 Å². The molecule has 1 fully saturated rings. The number of esters is 1. The van der Waals surface area contributed by atoms with E-state index in [0.717, 1.165) is 12.8 Å². The lowest BCUT2D eigenvalue weighted by molar-refractivity contribution is -0.150. The number of carbonyl (C=O) groups excluding carboxylic acids is 3. The lowest BCUT2D eigenvalue weighted by Crippen LogP contribution is -2.46. The van der Waals surface area contributed by atoms with E-state index in [1.807, 2.05) is 18.7 Å². The van der Waals surface area contributed by atoms with Gasteiger partial charge in [0, 0.05) is 18.3 Å². The van der Waals surface area contributed by atoms with Gasteiger partial charge < -0.3 is 19.5 Å². The molecular weight excluding hydrogens is 390 g/mol. The number of benzene rings is 1. The van der Waals surface area contributed by atoms with Crippen molar-refractivity contribution in [3.63, 3.8) is 0 Å². The zero-order valence-corrected chi connectivity index (χ0v) is 17.9. The average Bonchev–Trinajstić information content (AvgIpc) is 2.70. The molecule has 0 radical (unpaired) electrons. The molecule has 0 saturated carbocycles. The van der Waals surface area contributed by atoms with E-state index in [9.17, 15) is 14.4 Å². The largest absolute Gasteiger partial charge is 0.490 e. The predicted molar refractivity (Wildman–Crippen MR) is 112 cm³/mol. The van der Waals surface area contributed by atoms with Crippen LogP contribution in [0, 0.1) is 5.92 Å². The lowest BCUT2D eigenvalue weighted by Gasteiger charge is -2.30. The van der Waals surface area contributed by atoms with E-state index in [-0.39, 0.29) is 18.4 Å². The van der Waals surface area contributed by atoms with Gasteiger partial charge in [-0.15, -0.1) is 0 Å². The van der Waals surface area contributed by atoms with E-state index >= 15 is 0 Å². The number of imide groups is 1. The molecular formula is C21H31N3O6. The smallest absolute Gasteiger partial charge is 0.325 e. The van der Waals surface area contributed by atoms with Crippen molar-refractivity contribution in [1.29, 1.82) is 0 Å². The maximum atomic E-state index is 12.2. The Morgan fingerprint density at radius 2 is 1.80 bits per heavy atom. The number of rotatable bonds is 9. The fourth-order valence-corrected chi connectivity index (χ4v) is 3.31. The molecule has 0 spiro atoms. The van der Waals surface area contributed by atoms with Crippen LogP contribution < -0.4 is 20.1 Å². The van der Waals surface area contributed by atoms with Gasteiger partial charge in [0.15, 0.2) is 11.5 Å². The molecule has 3 amide bonds. The minimum atomic E-state index is -0.634. The Kier molecular flexibility index (Phi) is 9.40. The number of hydrogen-bond donors (Lipinski definition) is 2. The van der Waals surface area contributed by atoms with E-state index in [2.05, 4.69) is 10.6 Å². The third kappa shape index (κ3) is 7.22. The van der Waals surface area contributed by atoms with Crippen molar-refractivity contribution in [2.45, 2.75) is 33.6 Å². The molecule has 1 atom stereocenters. The highest BCUT2D eigenvalue weighted by molar-refractivity contribution is 6.01. The summed E-state index contributed by atoms with van der Waals surface area (Å²) in [5, 5.41) is 4.94. The minimum Gasteiger partial charge on any atom is -0.490 e. The molecule has 166 valence electrons. The van der Waals surface area contributed by atoms with Crippen LogP contribution >= 0.6 is 0 Å². The van der Waals surface area contributed by atoms with Crippen molar-refractivity contribution in [3.8, 4) is 11.5 Å². The predicted octanol–water partition coefficient (Wildman–Crippen LogP) is 2.41. The van der Waals surface area contributed by atoms with E-state index in [1.165, 1.54) is 0 Å². The van der Waals surface area contributed by atoms with Gasteiger partial charge in [-0.3, -0.25) is 19.8 Å². The monoisotopic (exact) mass is 421 g/mol. The first kappa shape index (κ1) is 23.5. The summed E-state index contributed by atoms with van der Waals surface area (Å²) in [6, 6.07) is 4.39. The second-order valence-electron chi connectivity index (χ2n) is 6.86. The fraction of sp³-hybridized carbons (Fsp3) is 0.571. The van der Waals surface area contributed by atoms with Crippen LogP contribution in [-0.2, 0) is 14.3 Å². The van der Waals surface area contributed by atoms with Crippen LogP contribution in [0.2, 0.25) is 0 Å². The Labute approximate surface area is 177 Å². The highest BCUT2D eigenvalue weighted by atomic mass is 16.5. The summed E-state index contributed by atoms with van der Waals surface area (Å²) in [6.07, 6.45) is 1.55. The van der Waals surface area contributed by atoms with E-state index in [4.69, 9.17) is 14.2 Å². The summed E-state index contributed by atoms with van der Waals surface area (Å²) in [7, 11) is 0. The summed E-state index contributed by atoms with van der Waals surface area (Å²) >= 11 is 0. The van der Waals surface area contributed by atoms with Crippen molar-refractivity contribution in [2.75, 3.05) is 44.8 Å². The Morgan fingerprint density at radius 1 is 1.07 bits per heavy atom. The fourth-order valence-electron chi connectivity index (χ4n) is 3.31. The number of amides is 3. The van der Waals surface area contributed by atoms with Crippen molar-refractivity contribution < 1.29 is 28.6 Å². The molecule has 1 unspecified atom stereocenters. The molecule has 2 N–H and O–H groups in total. The standard InChI is InChI=1S/C21H31N3O6/c1-4-28-17-10-9-16(12-18(17)29-5-2)22-21(27)23-19(25)14-24-11-7-8-15(13-24)20(26)30-6-3/h9-10,12,15H,4-8,11,13-14H2,1-3H3,(H2,22,23,25,27). The van der Waals surface area contributed by atoms with Crippen LogP contribution in [0.5, 0.6) is 11.5 Å². The molecule has 1 aromatic rings. The van der Waals surface area contributed by atoms with Crippen LogP contribution in [-0.4, -0.2) is 62.3 Å². The number of urea groups is 1. The van der Waals surface area contributed by atoms with Crippen molar-refractivity contribution >= 4 is 23.6 Å². The number of ether oxygens (including phenoxy) is 3. The molecule has 30 heavy (non-hydrogen) atoms. The molecule has 9 nitrogen and oxygen atoms in total. The first-order valence-corrected chi connectivity index (χ1v) is 10.4. The van der Waals surface area contributed by atoms with Crippen molar-refractivity contribution in [2.24, 2.45) is 5.92 Å². The number of likely N-dealkylation sites (tertiary alicyclic amines) is 1. The number of carbonyl (C=O) groups is 3. The van der Waals surface area contributed by atoms with Gasteiger partial charge in [0.05, 0.1) is 32.3 Å². The van der Waals surface area contributed by atoms with Crippen LogP contribution in [0.25, 0.3) is 0 Å². The lowest BCUT2D eigenvalue weighted by atomic mass is 9.98. The van der Waals surface area contributed by atoms with Crippen LogP contribution in [0.4, 0.5) is 10.5 Å². The van der Waals surface area contributed by atoms with Gasteiger partial charge in [0.25, 0.3) is 0 Å². The molecule has 0 aromatic heterocycles. The normalized spacial score (nSPS) is 16.4. The molecule has 1 saturated heterocycles. The van der Waals surface area contributed by atoms with Gasteiger partial charge in [-0.05, 0) is 52.3 Å². The molecule has 0 bridgehead atoms. The number of anilines is 1. The van der Waals surface area contributed by atoms with Crippen LogP contribution in [0.1, 0.15) is 33.6 Å². The second kappa shape index (κ2) is 12.0. The first-order chi connectivity index (χ1) is 14.5. The highest BCUT2D eigenvalue weighted by Gasteiger charge is 2.28. The highest BCUT2D eigenvalue weighted by Crippen LogP contribution is 2.30. The molecule has 9 heteroatoms. The second-order valence-corrected chi connectivity index (χ2v) is 6.86. The van der Waals surface area contributed by atoms with Gasteiger partial charge in [-0.25, -0.2) is 4.79 Å². The Morgan fingerprint density at radius 3 is 2.50 bits per heavy atom. The third-order valence-corrected chi connectivity index (χ3v) is 4.55. The van der Waals surface area contributed by atoms with Gasteiger partial charge in [0.2, 0.25) is 5.91 Å². The summed E-state index contributed by atoms with van der Waals surface area (Å²) in [5.74, 6) is 0.194. The number of nitrogens with one attached hydrogen (secondary N) is 2. The van der Waals surface area contributed by atoms with Crippen molar-refractivity contribution in [3.05, 3.63) is 18.2 Å². The number of nitrogens with zero attached hydrogens (tertiary/aromatic N) is 1. The molecule has 1 heterocycles. The third-order valence-electron chi connectivity index (χ3n) is 4.55. The molecule has 1 aliphatic heterocycles. The van der Waals surface area contributed by atoms with Crippen molar-refractivity contribution in [1.82, 2.24) is 10.2 Å². The molecule has 1 aromatic carbocycles. The Hall–Kier alpha value is -2.81. The molecule has 2 rings (SSSR count). The van der Waals surface area contributed by atoms with Gasteiger partial charge >= 0.3 is 12.0 Å². The summed E-state index contributed by atoms with van der Waals surface area (Å²) < 4.78 is 16.1.